The SMILES string of the molecule is COc1ccc2nccc([C@@H](O)[C@@H](O)[C@@H]3CC[C@@H](N)CO3)c2c1. The molecule has 4 N–H and O–H groups in total. The number of aliphatic hydroxyl groups is 2. The van der Waals surface area contributed by atoms with Gasteiger partial charge in [-0.15, -0.1) is 0 Å². The number of pyridine rings is 1. The Kier molecular flexibility index (Phi) is 4.77. The van der Waals surface area contributed by atoms with Crippen LogP contribution < -0.4 is 10.5 Å². The predicted molar refractivity (Wildman–Crippen MR) is 86.2 cm³/mol. The number of nitrogens with two attached hydrogens (primary N) is 1. The minimum atomic E-state index is -1.06. The third-order valence-corrected chi connectivity index (χ3v) is 4.35. The second kappa shape index (κ2) is 6.80. The highest BCUT2D eigenvalue weighted by Crippen LogP contribution is 2.31. The fraction of sp³-hybridized carbons (Fsp3) is 0.471. The van der Waals surface area contributed by atoms with Crippen molar-refractivity contribution in [1.29, 1.82) is 0 Å². The third kappa shape index (κ3) is 3.30. The van der Waals surface area contributed by atoms with Crippen LogP contribution in [0.15, 0.2) is 30.5 Å². The minimum absolute atomic E-state index is 0.00149. The van der Waals surface area contributed by atoms with Gasteiger partial charge in [0.1, 0.15) is 18.0 Å². The van der Waals surface area contributed by atoms with Crippen LogP contribution in [0.1, 0.15) is 24.5 Å². The highest BCUT2D eigenvalue weighted by atomic mass is 16.5. The molecule has 2 heterocycles. The van der Waals surface area contributed by atoms with Crippen LogP contribution in [0.2, 0.25) is 0 Å². The second-order valence-electron chi connectivity index (χ2n) is 5.93. The fourth-order valence-electron chi connectivity index (χ4n) is 2.98. The molecule has 0 radical (unpaired) electrons. The van der Waals surface area contributed by atoms with Crippen LogP contribution in [0.5, 0.6) is 5.75 Å². The van der Waals surface area contributed by atoms with E-state index in [-0.39, 0.29) is 6.04 Å². The maximum absolute atomic E-state index is 10.6. The second-order valence-corrected chi connectivity index (χ2v) is 5.93. The number of nitrogens with zero attached hydrogens (tertiary/aromatic N) is 1. The molecule has 124 valence electrons. The molecule has 0 unspecified atom stereocenters. The van der Waals surface area contributed by atoms with Crippen molar-refractivity contribution < 1.29 is 19.7 Å². The number of hydrogen-bond donors (Lipinski definition) is 3. The molecule has 2 aromatic rings. The summed E-state index contributed by atoms with van der Waals surface area (Å²) in [5, 5.41) is 21.9. The number of aromatic nitrogens is 1. The fourth-order valence-corrected chi connectivity index (χ4v) is 2.98. The molecule has 0 amide bonds. The van der Waals surface area contributed by atoms with Gasteiger partial charge in [-0.2, -0.15) is 0 Å². The summed E-state index contributed by atoms with van der Waals surface area (Å²) < 4.78 is 10.8. The van der Waals surface area contributed by atoms with E-state index in [1.54, 1.807) is 19.4 Å². The Morgan fingerprint density at radius 2 is 2.13 bits per heavy atom. The van der Waals surface area contributed by atoms with E-state index in [0.29, 0.717) is 24.3 Å². The van der Waals surface area contributed by atoms with Gasteiger partial charge >= 0.3 is 0 Å². The number of fused-ring (bicyclic) bond motifs is 1. The molecule has 1 aliphatic rings. The van der Waals surface area contributed by atoms with Crippen LogP contribution in [0.3, 0.4) is 0 Å². The molecule has 1 aliphatic heterocycles. The maximum Gasteiger partial charge on any atom is 0.119 e. The molecule has 6 nitrogen and oxygen atoms in total. The molecule has 1 saturated heterocycles. The first-order valence-electron chi connectivity index (χ1n) is 7.76. The first kappa shape index (κ1) is 16.1. The lowest BCUT2D eigenvalue weighted by Gasteiger charge is -2.32. The Morgan fingerprint density at radius 1 is 1.30 bits per heavy atom. The van der Waals surface area contributed by atoms with E-state index in [9.17, 15) is 10.2 Å². The van der Waals surface area contributed by atoms with E-state index >= 15 is 0 Å². The predicted octanol–water partition coefficient (Wildman–Crippen LogP) is 1.14. The van der Waals surface area contributed by atoms with Gasteiger partial charge in [0.2, 0.25) is 0 Å². The van der Waals surface area contributed by atoms with Gasteiger partial charge in [0.15, 0.2) is 0 Å². The molecule has 1 aromatic heterocycles. The first-order chi connectivity index (χ1) is 11.1. The van der Waals surface area contributed by atoms with Crippen molar-refractivity contribution in [3.8, 4) is 5.75 Å². The zero-order valence-electron chi connectivity index (χ0n) is 13.1. The van der Waals surface area contributed by atoms with Gasteiger partial charge < -0.3 is 25.4 Å². The van der Waals surface area contributed by atoms with Gasteiger partial charge in [-0.05, 0) is 42.7 Å². The average Bonchev–Trinajstić information content (AvgIpc) is 2.60. The number of benzene rings is 1. The number of hydrogen-bond acceptors (Lipinski definition) is 6. The molecule has 0 aliphatic carbocycles. The molecule has 4 atom stereocenters. The van der Waals surface area contributed by atoms with Gasteiger partial charge in [0.25, 0.3) is 0 Å². The normalized spacial score (nSPS) is 24.3. The van der Waals surface area contributed by atoms with Gasteiger partial charge in [-0.25, -0.2) is 0 Å². The van der Waals surface area contributed by atoms with E-state index in [4.69, 9.17) is 15.2 Å². The summed E-state index contributed by atoms with van der Waals surface area (Å²) in [4.78, 5) is 4.29. The number of rotatable bonds is 4. The molecule has 1 fully saturated rings. The lowest BCUT2D eigenvalue weighted by Crippen LogP contribution is -2.43. The van der Waals surface area contributed by atoms with Crippen LogP contribution in [-0.4, -0.2) is 47.2 Å². The van der Waals surface area contributed by atoms with E-state index in [0.717, 1.165) is 17.3 Å². The average molecular weight is 318 g/mol. The van der Waals surface area contributed by atoms with Crippen LogP contribution in [0, 0.1) is 0 Å². The molecule has 0 saturated carbocycles. The van der Waals surface area contributed by atoms with Gasteiger partial charge in [0, 0.05) is 17.6 Å². The quantitative estimate of drug-likeness (QED) is 0.782. The highest BCUT2D eigenvalue weighted by molar-refractivity contribution is 5.83. The zero-order chi connectivity index (χ0) is 16.4. The van der Waals surface area contributed by atoms with Crippen LogP contribution >= 0.6 is 0 Å². The Morgan fingerprint density at radius 3 is 2.83 bits per heavy atom. The summed E-state index contributed by atoms with van der Waals surface area (Å²) in [6.45, 7) is 0.402. The first-order valence-corrected chi connectivity index (χ1v) is 7.76. The largest absolute Gasteiger partial charge is 0.497 e. The standard InChI is InChI=1S/C17H22N2O4/c1-22-11-3-4-14-13(8-11)12(6-7-19-14)16(20)17(21)15-5-2-10(18)9-23-15/h3-4,6-8,10,15-17,20-21H,2,5,9,18H2,1H3/t10-,15+,16-,17+/m1/s1. The summed E-state index contributed by atoms with van der Waals surface area (Å²) >= 11 is 0. The van der Waals surface area contributed by atoms with Crippen molar-refractivity contribution >= 4 is 10.9 Å². The maximum atomic E-state index is 10.6. The van der Waals surface area contributed by atoms with Crippen molar-refractivity contribution in [3.05, 3.63) is 36.0 Å². The lowest BCUT2D eigenvalue weighted by molar-refractivity contribution is -0.111. The van der Waals surface area contributed by atoms with E-state index in [2.05, 4.69) is 4.98 Å². The Labute approximate surface area is 134 Å². The van der Waals surface area contributed by atoms with Gasteiger partial charge in [-0.3, -0.25) is 4.98 Å². The highest BCUT2D eigenvalue weighted by Gasteiger charge is 2.32. The van der Waals surface area contributed by atoms with E-state index < -0.39 is 18.3 Å². The van der Waals surface area contributed by atoms with Crippen molar-refractivity contribution in [3.63, 3.8) is 0 Å². The lowest BCUT2D eigenvalue weighted by atomic mass is 9.93. The topological polar surface area (TPSA) is 97.8 Å². The number of methoxy groups -OCH3 is 1. The van der Waals surface area contributed by atoms with Gasteiger partial charge in [-0.1, -0.05) is 0 Å². The minimum Gasteiger partial charge on any atom is -0.497 e. The van der Waals surface area contributed by atoms with Crippen LogP contribution in [0.25, 0.3) is 10.9 Å². The molecule has 23 heavy (non-hydrogen) atoms. The Bertz CT molecular complexity index is 671. The molecule has 6 heteroatoms. The summed E-state index contributed by atoms with van der Waals surface area (Å²) in [6, 6.07) is 7.16. The smallest absolute Gasteiger partial charge is 0.119 e. The Hall–Kier alpha value is -1.73. The van der Waals surface area contributed by atoms with Crippen molar-refractivity contribution in [1.82, 2.24) is 4.98 Å². The summed E-state index contributed by atoms with van der Waals surface area (Å²) in [5.41, 5.74) is 7.15. The van der Waals surface area contributed by atoms with E-state index in [1.807, 2.05) is 18.2 Å². The summed E-state index contributed by atoms with van der Waals surface area (Å²) in [7, 11) is 1.58. The van der Waals surface area contributed by atoms with Gasteiger partial charge in [0.05, 0.1) is 25.3 Å². The van der Waals surface area contributed by atoms with E-state index in [1.165, 1.54) is 0 Å². The van der Waals surface area contributed by atoms with Crippen molar-refractivity contribution in [2.24, 2.45) is 5.73 Å². The third-order valence-electron chi connectivity index (χ3n) is 4.35. The molecular weight excluding hydrogens is 296 g/mol. The summed E-state index contributed by atoms with van der Waals surface area (Å²) in [6.07, 6.45) is 0.535. The van der Waals surface area contributed by atoms with Crippen molar-refractivity contribution in [2.45, 2.75) is 37.2 Å². The number of ether oxygens (including phenoxy) is 2. The molecule has 3 rings (SSSR count). The zero-order valence-corrected chi connectivity index (χ0v) is 13.1. The molecule has 1 aromatic carbocycles. The Balaban J connectivity index is 1.89. The molecule has 0 spiro atoms. The molecular formula is C17H22N2O4. The number of aliphatic hydroxyl groups excluding tert-OH is 2. The monoisotopic (exact) mass is 318 g/mol. The van der Waals surface area contributed by atoms with Crippen LogP contribution in [-0.2, 0) is 4.74 Å². The summed E-state index contributed by atoms with van der Waals surface area (Å²) in [5.74, 6) is 0.674. The van der Waals surface area contributed by atoms with Crippen LogP contribution in [0.4, 0.5) is 0 Å². The molecule has 0 bridgehead atoms. The van der Waals surface area contributed by atoms with Crippen molar-refractivity contribution in [2.75, 3.05) is 13.7 Å².